The Hall–Kier alpha value is -3.21. The predicted molar refractivity (Wildman–Crippen MR) is 209 cm³/mol. The summed E-state index contributed by atoms with van der Waals surface area (Å²) < 4.78 is 42.7. The van der Waals surface area contributed by atoms with Crippen molar-refractivity contribution in [1.82, 2.24) is 9.88 Å². The Morgan fingerprint density at radius 3 is 2.62 bits per heavy atom. The number of carbonyl (C=O) groups excluding carboxylic acids is 1. The molecule has 52 heavy (non-hydrogen) atoms. The molecule has 282 valence electrons. The minimum atomic E-state index is -4.43. The number of aryl methyl sites for hydroxylation is 2. The van der Waals surface area contributed by atoms with E-state index in [4.69, 9.17) is 11.6 Å². The molecule has 0 bridgehead atoms. The normalized spacial score (nSPS) is 23.5. The molecule has 0 radical (unpaired) electrons. The van der Waals surface area contributed by atoms with Crippen molar-refractivity contribution < 1.29 is 18.0 Å². The SMILES string of the molecule is CCCC1CCCN(Cc2ccc(CCCC(=O)c3ccc(C)c(C#CC4=CC(C)C(C)C(C=CC(Cl)=NC)CC4CC)n3)cc2C(F)(F)F)CC1. The molecule has 0 N–H and O–H groups in total. The number of pyridine rings is 1. The first kappa shape index (κ1) is 41.5. The summed E-state index contributed by atoms with van der Waals surface area (Å²) in [5, 5.41) is 0.490. The van der Waals surface area contributed by atoms with Crippen molar-refractivity contribution in [3.05, 3.63) is 87.8 Å². The first-order valence-corrected chi connectivity index (χ1v) is 19.7. The van der Waals surface area contributed by atoms with Crippen LogP contribution in [-0.4, -0.2) is 41.0 Å². The molecule has 1 aromatic heterocycles. The number of aliphatic imine (C=N–C) groups is 1. The minimum Gasteiger partial charge on any atom is -0.299 e. The molecule has 5 unspecified atom stereocenters. The van der Waals surface area contributed by atoms with Gasteiger partial charge in [-0.15, -0.1) is 0 Å². The van der Waals surface area contributed by atoms with Crippen LogP contribution in [0.3, 0.4) is 0 Å². The van der Waals surface area contributed by atoms with Gasteiger partial charge in [-0.3, -0.25) is 14.7 Å². The van der Waals surface area contributed by atoms with Crippen LogP contribution >= 0.6 is 11.6 Å². The maximum atomic E-state index is 14.2. The fourth-order valence-electron chi connectivity index (χ4n) is 7.72. The lowest BCUT2D eigenvalue weighted by Gasteiger charge is -2.24. The summed E-state index contributed by atoms with van der Waals surface area (Å²) in [6, 6.07) is 8.32. The Morgan fingerprint density at radius 1 is 1.12 bits per heavy atom. The van der Waals surface area contributed by atoms with Gasteiger partial charge in [-0.2, -0.15) is 13.2 Å². The smallest absolute Gasteiger partial charge is 0.299 e. The second kappa shape index (κ2) is 19.7. The zero-order valence-electron chi connectivity index (χ0n) is 32.0. The van der Waals surface area contributed by atoms with Crippen molar-refractivity contribution in [2.75, 3.05) is 20.1 Å². The number of Topliss-reactive ketones (excluding diaryl/α,β-unsaturated/α-hetero) is 1. The van der Waals surface area contributed by atoms with Gasteiger partial charge in [0.2, 0.25) is 0 Å². The maximum Gasteiger partial charge on any atom is 0.416 e. The van der Waals surface area contributed by atoms with Crippen molar-refractivity contribution in [3.8, 4) is 11.8 Å². The molecule has 1 saturated heterocycles. The zero-order valence-corrected chi connectivity index (χ0v) is 32.7. The number of halogens is 4. The summed E-state index contributed by atoms with van der Waals surface area (Å²) >= 11 is 6.16. The summed E-state index contributed by atoms with van der Waals surface area (Å²) in [6.45, 7) is 12.8. The third kappa shape index (κ3) is 11.9. The van der Waals surface area contributed by atoms with E-state index in [9.17, 15) is 18.0 Å². The van der Waals surface area contributed by atoms with E-state index in [1.54, 1.807) is 25.2 Å². The second-order valence-corrected chi connectivity index (χ2v) is 15.4. The van der Waals surface area contributed by atoms with Gasteiger partial charge < -0.3 is 0 Å². The number of carbonyl (C=O) groups is 1. The van der Waals surface area contributed by atoms with E-state index in [2.05, 4.69) is 66.6 Å². The van der Waals surface area contributed by atoms with Crippen LogP contribution < -0.4 is 0 Å². The lowest BCUT2D eigenvalue weighted by Crippen LogP contribution is -2.26. The molecule has 1 aromatic carbocycles. The van der Waals surface area contributed by atoms with E-state index < -0.39 is 11.7 Å². The third-order valence-corrected chi connectivity index (χ3v) is 11.5. The van der Waals surface area contributed by atoms with Gasteiger partial charge >= 0.3 is 6.18 Å². The average molecular weight is 736 g/mol. The fourth-order valence-corrected chi connectivity index (χ4v) is 7.79. The van der Waals surface area contributed by atoms with Crippen molar-refractivity contribution in [2.24, 2.45) is 34.6 Å². The van der Waals surface area contributed by atoms with Crippen LogP contribution in [0.5, 0.6) is 0 Å². The Kier molecular flexibility index (Phi) is 15.8. The van der Waals surface area contributed by atoms with Gasteiger partial charge in [0, 0.05) is 25.6 Å². The molecule has 0 saturated carbocycles. The molecule has 0 spiro atoms. The quantitative estimate of drug-likeness (QED) is 0.124. The molecular weight excluding hydrogens is 679 g/mol. The van der Waals surface area contributed by atoms with Crippen molar-refractivity contribution in [2.45, 2.75) is 112 Å². The number of rotatable bonds is 12. The van der Waals surface area contributed by atoms with Crippen LogP contribution in [0.25, 0.3) is 0 Å². The molecular formula is C44H57ClF3N3O. The number of benzene rings is 1. The highest BCUT2D eigenvalue weighted by Crippen LogP contribution is 2.38. The molecule has 5 atom stereocenters. The van der Waals surface area contributed by atoms with E-state index >= 15 is 0 Å². The highest BCUT2D eigenvalue weighted by atomic mass is 35.5. The second-order valence-electron chi connectivity index (χ2n) is 15.0. The molecule has 4 rings (SSSR count). The summed E-state index contributed by atoms with van der Waals surface area (Å²) in [5.41, 5.74) is 3.26. The van der Waals surface area contributed by atoms with Gasteiger partial charge in [0.15, 0.2) is 5.78 Å². The lowest BCUT2D eigenvalue weighted by atomic mass is 9.81. The standard InChI is InChI=1S/C44H57ClF3N3O/c1-7-11-33-13-10-24-51(25-23-33)29-38-17-16-34(27-39(38)44(46,47)48)12-9-14-42(52)41-20-15-30(3)40(50-41)21-18-37-26-31(4)32(5)36(28-35(37)8-2)19-22-43(45)49-6/h15-17,19-20,22,26-27,31-33,35-36H,7-14,23-25,28-29H2,1-6H3. The number of aromatic nitrogens is 1. The molecule has 2 heterocycles. The van der Waals surface area contributed by atoms with Crippen LogP contribution in [0.1, 0.15) is 124 Å². The highest BCUT2D eigenvalue weighted by molar-refractivity contribution is 6.68. The van der Waals surface area contributed by atoms with Crippen molar-refractivity contribution in [3.63, 3.8) is 0 Å². The number of allylic oxidation sites excluding steroid dienone is 4. The number of hydrogen-bond donors (Lipinski definition) is 0. The van der Waals surface area contributed by atoms with Gasteiger partial charge in [0.05, 0.1) is 5.56 Å². The Bertz CT molecular complexity index is 1670. The number of likely N-dealkylation sites (tertiary alicyclic amines) is 1. The first-order chi connectivity index (χ1) is 24.8. The Morgan fingerprint density at radius 2 is 1.90 bits per heavy atom. The maximum absolute atomic E-state index is 14.2. The molecule has 0 amide bonds. The van der Waals surface area contributed by atoms with E-state index in [0.717, 1.165) is 62.8 Å². The largest absolute Gasteiger partial charge is 0.416 e. The monoisotopic (exact) mass is 735 g/mol. The Balaban J connectivity index is 1.41. The van der Waals surface area contributed by atoms with Crippen LogP contribution in [-0.2, 0) is 19.1 Å². The predicted octanol–water partition coefficient (Wildman–Crippen LogP) is 11.4. The number of nitrogens with zero attached hydrogens (tertiary/aromatic N) is 3. The first-order valence-electron chi connectivity index (χ1n) is 19.3. The molecule has 1 aliphatic carbocycles. The van der Waals surface area contributed by atoms with E-state index in [0.29, 0.717) is 70.7 Å². The minimum absolute atomic E-state index is 0.135. The summed E-state index contributed by atoms with van der Waals surface area (Å²) in [6.07, 6.45) is 10.4. The van der Waals surface area contributed by atoms with Gasteiger partial charge in [-0.1, -0.05) is 88.4 Å². The van der Waals surface area contributed by atoms with Crippen LogP contribution in [0.4, 0.5) is 13.2 Å². The topological polar surface area (TPSA) is 45.6 Å². The Labute approximate surface area is 315 Å². The highest BCUT2D eigenvalue weighted by Gasteiger charge is 2.34. The summed E-state index contributed by atoms with van der Waals surface area (Å²) in [5.74, 6) is 8.59. The van der Waals surface area contributed by atoms with Crippen molar-refractivity contribution >= 4 is 22.6 Å². The number of hydrogen-bond acceptors (Lipinski definition) is 4. The summed E-state index contributed by atoms with van der Waals surface area (Å²) in [4.78, 5) is 24.1. The third-order valence-electron chi connectivity index (χ3n) is 11.2. The van der Waals surface area contributed by atoms with E-state index in [1.165, 1.54) is 12.5 Å². The van der Waals surface area contributed by atoms with Gasteiger partial charge in [0.1, 0.15) is 16.6 Å². The van der Waals surface area contributed by atoms with Crippen LogP contribution in [0.2, 0.25) is 0 Å². The fraction of sp³-hybridized carbons (Fsp3) is 0.568. The number of alkyl halides is 3. The van der Waals surface area contributed by atoms with Crippen LogP contribution in [0.15, 0.2) is 59.1 Å². The molecule has 8 heteroatoms. The molecule has 4 nitrogen and oxygen atoms in total. The summed E-state index contributed by atoms with van der Waals surface area (Å²) in [7, 11) is 1.68. The molecule has 1 aliphatic heterocycles. The average Bonchev–Trinajstić information content (AvgIpc) is 3.40. The van der Waals surface area contributed by atoms with Crippen molar-refractivity contribution in [1.29, 1.82) is 0 Å². The molecule has 2 aliphatic rings. The number of ketones is 1. The lowest BCUT2D eigenvalue weighted by molar-refractivity contribution is -0.138. The van der Waals surface area contributed by atoms with E-state index in [1.807, 2.05) is 19.1 Å². The van der Waals surface area contributed by atoms with Crippen LogP contribution in [0, 0.1) is 48.4 Å². The van der Waals surface area contributed by atoms with E-state index in [-0.39, 0.29) is 18.1 Å². The molecule has 2 aromatic rings. The molecule has 1 fully saturated rings. The van der Waals surface area contributed by atoms with Gasteiger partial charge in [0.25, 0.3) is 0 Å². The zero-order chi connectivity index (χ0) is 37.8. The van der Waals surface area contributed by atoms with Gasteiger partial charge in [-0.25, -0.2) is 4.98 Å². The van der Waals surface area contributed by atoms with Gasteiger partial charge in [-0.05, 0) is 135 Å².